The van der Waals surface area contributed by atoms with Gasteiger partial charge in [-0.2, -0.15) is 5.10 Å². The first-order valence-corrected chi connectivity index (χ1v) is 5.22. The minimum atomic E-state index is 0.0925. The van der Waals surface area contributed by atoms with Gasteiger partial charge in [-0.1, -0.05) is 31.4 Å². The molecule has 0 amide bonds. The molecule has 0 spiro atoms. The number of hydrogen-bond donors (Lipinski definition) is 2. The van der Waals surface area contributed by atoms with Crippen LogP contribution in [0.3, 0.4) is 0 Å². The Balaban J connectivity index is 2.77. The maximum atomic E-state index is 6.02. The number of aromatic nitrogens is 2. The quantitative estimate of drug-likeness (QED) is 0.583. The van der Waals surface area contributed by atoms with E-state index in [0.29, 0.717) is 5.02 Å². The predicted molar refractivity (Wildman–Crippen MR) is 57.8 cm³/mol. The minimum Gasteiger partial charge on any atom is -0.271 e. The van der Waals surface area contributed by atoms with Gasteiger partial charge in [0.2, 0.25) is 0 Å². The zero-order valence-corrected chi connectivity index (χ0v) is 9.38. The number of nitrogens with two attached hydrogens (primary N) is 1. The lowest BCUT2D eigenvalue weighted by Crippen LogP contribution is -2.29. The molecule has 1 rings (SSSR count). The van der Waals surface area contributed by atoms with Gasteiger partial charge in [-0.3, -0.25) is 16.0 Å². The molecule has 0 bridgehead atoms. The van der Waals surface area contributed by atoms with Crippen molar-refractivity contribution >= 4 is 11.6 Å². The molecule has 1 atom stereocenters. The van der Waals surface area contributed by atoms with E-state index >= 15 is 0 Å². The van der Waals surface area contributed by atoms with E-state index in [-0.39, 0.29) is 6.04 Å². The predicted octanol–water partition coefficient (Wildman–Crippen LogP) is 1.77. The number of aryl methyl sites for hydroxylation is 1. The van der Waals surface area contributed by atoms with Crippen LogP contribution in [0, 0.1) is 0 Å². The molecular weight excluding hydrogens is 200 g/mol. The number of unbranched alkanes of at least 4 members (excludes halogenated alkanes) is 1. The van der Waals surface area contributed by atoms with Crippen molar-refractivity contribution in [2.24, 2.45) is 12.9 Å². The average Bonchev–Trinajstić information content (AvgIpc) is 2.50. The molecule has 0 aromatic carbocycles. The molecule has 0 aliphatic rings. The van der Waals surface area contributed by atoms with Gasteiger partial charge in [0.05, 0.1) is 23.0 Å². The number of nitrogens with one attached hydrogen (secondary N) is 1. The number of hydrazine groups is 1. The van der Waals surface area contributed by atoms with Crippen LogP contribution < -0.4 is 11.3 Å². The van der Waals surface area contributed by atoms with Gasteiger partial charge >= 0.3 is 0 Å². The van der Waals surface area contributed by atoms with Crippen LogP contribution in [0.1, 0.15) is 37.9 Å². The fourth-order valence-electron chi connectivity index (χ4n) is 1.52. The molecule has 0 fully saturated rings. The third kappa shape index (κ3) is 2.47. The van der Waals surface area contributed by atoms with Crippen molar-refractivity contribution in [3.63, 3.8) is 0 Å². The molecule has 0 aliphatic heterocycles. The Morgan fingerprint density at radius 3 is 2.86 bits per heavy atom. The van der Waals surface area contributed by atoms with Gasteiger partial charge in [0, 0.05) is 7.05 Å². The van der Waals surface area contributed by atoms with Crippen LogP contribution in [-0.4, -0.2) is 9.78 Å². The minimum absolute atomic E-state index is 0.0925. The van der Waals surface area contributed by atoms with E-state index in [0.717, 1.165) is 25.0 Å². The van der Waals surface area contributed by atoms with E-state index in [1.165, 1.54) is 0 Å². The first-order chi connectivity index (χ1) is 6.70. The van der Waals surface area contributed by atoms with Crippen molar-refractivity contribution in [3.8, 4) is 0 Å². The second-order valence-electron chi connectivity index (χ2n) is 3.36. The number of nitrogens with zero attached hydrogens (tertiary/aromatic N) is 2. The summed E-state index contributed by atoms with van der Waals surface area (Å²) >= 11 is 6.02. The van der Waals surface area contributed by atoms with Crippen molar-refractivity contribution in [2.75, 3.05) is 0 Å². The SMILES string of the molecule is CCCCC(NN)c1c(Cl)cnn1C. The molecule has 1 aromatic heterocycles. The smallest absolute Gasteiger partial charge is 0.0834 e. The highest BCUT2D eigenvalue weighted by Gasteiger charge is 2.16. The van der Waals surface area contributed by atoms with Gasteiger partial charge in [0.15, 0.2) is 0 Å². The van der Waals surface area contributed by atoms with Crippen molar-refractivity contribution in [1.82, 2.24) is 15.2 Å². The molecule has 14 heavy (non-hydrogen) atoms. The number of rotatable bonds is 5. The standard InChI is InChI=1S/C9H17ClN4/c1-3-4-5-8(13-11)9-7(10)6-12-14(9)2/h6,8,13H,3-5,11H2,1-2H3. The van der Waals surface area contributed by atoms with Gasteiger partial charge < -0.3 is 0 Å². The highest BCUT2D eigenvalue weighted by atomic mass is 35.5. The summed E-state index contributed by atoms with van der Waals surface area (Å²) in [7, 11) is 1.87. The zero-order chi connectivity index (χ0) is 10.6. The maximum absolute atomic E-state index is 6.02. The summed E-state index contributed by atoms with van der Waals surface area (Å²) < 4.78 is 1.77. The molecule has 4 nitrogen and oxygen atoms in total. The maximum Gasteiger partial charge on any atom is 0.0834 e. The molecule has 1 aromatic rings. The molecule has 5 heteroatoms. The largest absolute Gasteiger partial charge is 0.271 e. The third-order valence-electron chi connectivity index (χ3n) is 2.32. The van der Waals surface area contributed by atoms with Gasteiger partial charge in [-0.15, -0.1) is 0 Å². The summed E-state index contributed by atoms with van der Waals surface area (Å²) in [5.74, 6) is 5.49. The summed E-state index contributed by atoms with van der Waals surface area (Å²) in [6, 6.07) is 0.0925. The second-order valence-corrected chi connectivity index (χ2v) is 3.77. The molecule has 3 N–H and O–H groups in total. The van der Waals surface area contributed by atoms with Crippen molar-refractivity contribution in [2.45, 2.75) is 32.2 Å². The topological polar surface area (TPSA) is 55.9 Å². The Hall–Kier alpha value is -0.580. The lowest BCUT2D eigenvalue weighted by Gasteiger charge is -2.16. The van der Waals surface area contributed by atoms with Gasteiger partial charge in [0.1, 0.15) is 0 Å². The molecule has 1 heterocycles. The van der Waals surface area contributed by atoms with Gasteiger partial charge in [0.25, 0.3) is 0 Å². The van der Waals surface area contributed by atoms with Crippen LogP contribution in [0.4, 0.5) is 0 Å². The summed E-state index contributed by atoms with van der Waals surface area (Å²) in [5.41, 5.74) is 3.74. The van der Waals surface area contributed by atoms with Crippen LogP contribution in [0.15, 0.2) is 6.20 Å². The van der Waals surface area contributed by atoms with Gasteiger partial charge in [-0.25, -0.2) is 0 Å². The zero-order valence-electron chi connectivity index (χ0n) is 8.63. The Labute approximate surface area is 89.4 Å². The monoisotopic (exact) mass is 216 g/mol. The van der Waals surface area contributed by atoms with E-state index < -0.39 is 0 Å². The summed E-state index contributed by atoms with van der Waals surface area (Å²) in [5, 5.41) is 4.75. The van der Waals surface area contributed by atoms with E-state index in [1.807, 2.05) is 7.05 Å². The highest BCUT2D eigenvalue weighted by Crippen LogP contribution is 2.25. The lowest BCUT2D eigenvalue weighted by molar-refractivity contribution is 0.464. The molecular formula is C9H17ClN4. The molecule has 0 aliphatic carbocycles. The fourth-order valence-corrected chi connectivity index (χ4v) is 1.82. The van der Waals surface area contributed by atoms with E-state index in [1.54, 1.807) is 10.9 Å². The van der Waals surface area contributed by atoms with Gasteiger partial charge in [-0.05, 0) is 6.42 Å². The Morgan fingerprint density at radius 1 is 1.71 bits per heavy atom. The van der Waals surface area contributed by atoms with Crippen molar-refractivity contribution in [1.29, 1.82) is 0 Å². The van der Waals surface area contributed by atoms with Crippen LogP contribution >= 0.6 is 11.6 Å². The molecule has 0 radical (unpaired) electrons. The molecule has 1 unspecified atom stereocenters. The lowest BCUT2D eigenvalue weighted by atomic mass is 10.1. The normalized spacial score (nSPS) is 13.1. The van der Waals surface area contributed by atoms with E-state index in [9.17, 15) is 0 Å². The second kappa shape index (κ2) is 5.34. The number of hydrogen-bond acceptors (Lipinski definition) is 3. The van der Waals surface area contributed by atoms with Crippen molar-refractivity contribution < 1.29 is 0 Å². The summed E-state index contributed by atoms with van der Waals surface area (Å²) in [4.78, 5) is 0. The van der Waals surface area contributed by atoms with Crippen molar-refractivity contribution in [3.05, 3.63) is 16.9 Å². The Morgan fingerprint density at radius 2 is 2.43 bits per heavy atom. The fraction of sp³-hybridized carbons (Fsp3) is 0.667. The third-order valence-corrected chi connectivity index (χ3v) is 2.61. The first kappa shape index (κ1) is 11.5. The number of halogens is 1. The van der Waals surface area contributed by atoms with Crippen LogP contribution in [0.2, 0.25) is 5.02 Å². The molecule has 0 saturated carbocycles. The average molecular weight is 217 g/mol. The molecule has 80 valence electrons. The first-order valence-electron chi connectivity index (χ1n) is 4.84. The summed E-state index contributed by atoms with van der Waals surface area (Å²) in [6.07, 6.45) is 4.89. The van der Waals surface area contributed by atoms with Crippen LogP contribution in [-0.2, 0) is 7.05 Å². The summed E-state index contributed by atoms with van der Waals surface area (Å²) in [6.45, 7) is 2.15. The highest BCUT2D eigenvalue weighted by molar-refractivity contribution is 6.31. The van der Waals surface area contributed by atoms with E-state index in [2.05, 4.69) is 17.4 Å². The van der Waals surface area contributed by atoms with Crippen LogP contribution in [0.5, 0.6) is 0 Å². The van der Waals surface area contributed by atoms with Crippen LogP contribution in [0.25, 0.3) is 0 Å². The Bertz CT molecular complexity index is 265. The molecule has 0 saturated heterocycles. The Kier molecular flexibility index (Phi) is 4.38. The van der Waals surface area contributed by atoms with E-state index in [4.69, 9.17) is 17.4 Å².